The van der Waals surface area contributed by atoms with Gasteiger partial charge in [0.1, 0.15) is 15.3 Å². The van der Waals surface area contributed by atoms with Crippen molar-refractivity contribution in [2.45, 2.75) is 11.3 Å². The molecule has 0 bridgehead atoms. The minimum atomic E-state index is -4.34. The molecule has 0 unspecified atom stereocenters. The molecule has 84 valence electrons. The predicted molar refractivity (Wildman–Crippen MR) is 54.3 cm³/mol. The summed E-state index contributed by atoms with van der Waals surface area (Å²) in [6.07, 6.45) is -3.00. The van der Waals surface area contributed by atoms with Gasteiger partial charge in [-0.15, -0.1) is 0 Å². The molecule has 9 heteroatoms. The van der Waals surface area contributed by atoms with Crippen LogP contribution in [0.2, 0.25) is 0 Å². The van der Waals surface area contributed by atoms with Gasteiger partial charge in [-0.3, -0.25) is 0 Å². The molecule has 0 saturated carbocycles. The summed E-state index contributed by atoms with van der Waals surface area (Å²) in [5, 5.41) is 0. The molecule has 0 aliphatic carbocycles. The van der Waals surface area contributed by atoms with Crippen molar-refractivity contribution in [2.75, 3.05) is 5.73 Å². The van der Waals surface area contributed by atoms with Crippen LogP contribution in [0.25, 0.3) is 0 Å². The van der Waals surface area contributed by atoms with E-state index in [4.69, 9.17) is 16.4 Å². The molecule has 0 saturated heterocycles. The van der Waals surface area contributed by atoms with Crippen LogP contribution in [0.1, 0.15) is 12.0 Å². The number of aromatic nitrogens is 1. The molecule has 0 fully saturated rings. The first-order valence-corrected chi connectivity index (χ1v) is 6.52. The van der Waals surface area contributed by atoms with E-state index >= 15 is 0 Å². The number of halogens is 4. The Hall–Kier alpha value is -0.470. The quantitative estimate of drug-likeness (QED) is 0.670. The third kappa shape index (κ3) is 2.76. The molecule has 0 radical (unpaired) electrons. The van der Waals surface area contributed by atoms with Gasteiger partial charge in [-0.05, 0) is 22.0 Å². The molecule has 0 aliphatic rings. The average Bonchev–Trinajstić information content (AvgIpc) is 1.99. The zero-order valence-electron chi connectivity index (χ0n) is 6.92. The molecule has 0 aromatic carbocycles. The van der Waals surface area contributed by atoms with Crippen molar-refractivity contribution in [1.29, 1.82) is 0 Å². The van der Waals surface area contributed by atoms with E-state index in [1.54, 1.807) is 0 Å². The van der Waals surface area contributed by atoms with Crippen LogP contribution < -0.4 is 5.73 Å². The lowest BCUT2D eigenvalue weighted by Crippen LogP contribution is -2.06. The molecule has 4 nitrogen and oxygen atoms in total. The fourth-order valence-corrected chi connectivity index (χ4v) is 2.63. The van der Waals surface area contributed by atoms with E-state index in [2.05, 4.69) is 20.9 Å². The van der Waals surface area contributed by atoms with E-state index in [9.17, 15) is 17.2 Å². The third-order valence-electron chi connectivity index (χ3n) is 1.48. The van der Waals surface area contributed by atoms with Gasteiger partial charge in [-0.1, -0.05) is 0 Å². The molecule has 1 heterocycles. The molecule has 2 N–H and O–H groups in total. The van der Waals surface area contributed by atoms with Crippen molar-refractivity contribution in [3.8, 4) is 0 Å². The Morgan fingerprint density at radius 2 is 2.07 bits per heavy atom. The molecule has 0 atom stereocenters. The van der Waals surface area contributed by atoms with Crippen molar-refractivity contribution in [3.05, 3.63) is 16.2 Å². The topological polar surface area (TPSA) is 73.0 Å². The Morgan fingerprint density at radius 1 is 1.53 bits per heavy atom. The number of anilines is 1. The van der Waals surface area contributed by atoms with Crippen molar-refractivity contribution >= 4 is 41.5 Å². The normalized spacial score (nSPS) is 12.1. The van der Waals surface area contributed by atoms with E-state index in [1.165, 1.54) is 0 Å². The highest BCUT2D eigenvalue weighted by Gasteiger charge is 2.26. The van der Waals surface area contributed by atoms with Gasteiger partial charge < -0.3 is 5.73 Å². The lowest BCUT2D eigenvalue weighted by molar-refractivity contribution is 0.148. The number of alkyl halides is 2. The van der Waals surface area contributed by atoms with Crippen LogP contribution in [-0.2, 0) is 9.05 Å². The summed E-state index contributed by atoms with van der Waals surface area (Å²) in [5.41, 5.74) is 4.43. The number of rotatable bonds is 2. The van der Waals surface area contributed by atoms with Gasteiger partial charge in [-0.2, -0.15) is 0 Å². The molecule has 0 spiro atoms. The van der Waals surface area contributed by atoms with Crippen molar-refractivity contribution in [1.82, 2.24) is 4.98 Å². The van der Waals surface area contributed by atoms with Gasteiger partial charge in [0.2, 0.25) is 0 Å². The van der Waals surface area contributed by atoms with Crippen LogP contribution in [0, 0.1) is 0 Å². The zero-order valence-corrected chi connectivity index (χ0v) is 10.1. The number of nitrogen functional groups attached to an aromatic ring is 1. The maximum absolute atomic E-state index is 12.5. The summed E-state index contributed by atoms with van der Waals surface area (Å²) in [7, 11) is 0.627. The Labute approximate surface area is 97.0 Å². The van der Waals surface area contributed by atoms with Crippen molar-refractivity contribution in [2.24, 2.45) is 0 Å². The molecular formula is C6H4BrClF2N2O2S. The van der Waals surface area contributed by atoms with Crippen molar-refractivity contribution in [3.63, 3.8) is 0 Å². The monoisotopic (exact) mass is 320 g/mol. The van der Waals surface area contributed by atoms with E-state index in [1.807, 2.05) is 0 Å². The minimum Gasteiger partial charge on any atom is -0.383 e. The van der Waals surface area contributed by atoms with E-state index in [-0.39, 0.29) is 4.60 Å². The van der Waals surface area contributed by atoms with Gasteiger partial charge in [0, 0.05) is 16.2 Å². The summed E-state index contributed by atoms with van der Waals surface area (Å²) in [6.45, 7) is 0. The van der Waals surface area contributed by atoms with E-state index in [0.29, 0.717) is 0 Å². The first-order chi connectivity index (χ1) is 6.73. The van der Waals surface area contributed by atoms with E-state index < -0.39 is 31.8 Å². The summed E-state index contributed by atoms with van der Waals surface area (Å²) < 4.78 is 47.0. The van der Waals surface area contributed by atoms with Gasteiger partial charge in [-0.25, -0.2) is 22.2 Å². The molecule has 1 aromatic heterocycles. The van der Waals surface area contributed by atoms with Gasteiger partial charge in [0.15, 0.2) is 0 Å². The maximum atomic E-state index is 12.5. The van der Waals surface area contributed by atoms with Crippen LogP contribution in [-0.4, -0.2) is 13.4 Å². The second-order valence-corrected chi connectivity index (χ2v) is 5.80. The third-order valence-corrected chi connectivity index (χ3v) is 3.28. The Morgan fingerprint density at radius 3 is 2.47 bits per heavy atom. The standard InChI is InChI=1S/C6H4BrClF2N2O2S/c7-3-1-2(5(9)10)4(6(11)12-3)15(8,13)14/h1,5H,(H2,11,12). The summed E-state index contributed by atoms with van der Waals surface area (Å²) in [4.78, 5) is 2.64. The number of nitrogens with zero attached hydrogens (tertiary/aromatic N) is 1. The second kappa shape index (κ2) is 4.18. The van der Waals surface area contributed by atoms with Crippen LogP contribution >= 0.6 is 26.6 Å². The molecule has 0 aliphatic heterocycles. The van der Waals surface area contributed by atoms with Crippen LogP contribution in [0.3, 0.4) is 0 Å². The molecule has 15 heavy (non-hydrogen) atoms. The minimum absolute atomic E-state index is 0.0133. The smallest absolute Gasteiger partial charge is 0.265 e. The second-order valence-electron chi connectivity index (χ2n) is 2.49. The highest BCUT2D eigenvalue weighted by atomic mass is 79.9. The molecule has 1 aromatic rings. The van der Waals surface area contributed by atoms with E-state index in [0.717, 1.165) is 6.07 Å². The first kappa shape index (κ1) is 12.6. The fourth-order valence-electron chi connectivity index (χ4n) is 0.968. The van der Waals surface area contributed by atoms with Crippen molar-refractivity contribution < 1.29 is 17.2 Å². The average molecular weight is 322 g/mol. The number of hydrogen-bond acceptors (Lipinski definition) is 4. The zero-order chi connectivity index (χ0) is 11.8. The fraction of sp³-hybridized carbons (Fsp3) is 0.167. The lowest BCUT2D eigenvalue weighted by atomic mass is 10.3. The van der Waals surface area contributed by atoms with Crippen LogP contribution in [0.5, 0.6) is 0 Å². The number of nitrogens with two attached hydrogens (primary N) is 1. The Kier molecular flexibility index (Phi) is 3.51. The maximum Gasteiger partial charge on any atom is 0.265 e. The number of pyridine rings is 1. The lowest BCUT2D eigenvalue weighted by Gasteiger charge is -2.08. The van der Waals surface area contributed by atoms with Crippen LogP contribution in [0.15, 0.2) is 15.6 Å². The highest BCUT2D eigenvalue weighted by molar-refractivity contribution is 9.10. The highest BCUT2D eigenvalue weighted by Crippen LogP contribution is 2.33. The summed E-state index contributed by atoms with van der Waals surface area (Å²) in [6, 6.07) is 0.857. The Bertz CT molecular complexity index is 494. The van der Waals surface area contributed by atoms with Crippen LogP contribution in [0.4, 0.5) is 14.6 Å². The largest absolute Gasteiger partial charge is 0.383 e. The molecular weight excluding hydrogens is 317 g/mol. The predicted octanol–water partition coefficient (Wildman–Crippen LogP) is 2.29. The SMILES string of the molecule is Nc1nc(Br)cc(C(F)F)c1S(=O)(=O)Cl. The first-order valence-electron chi connectivity index (χ1n) is 3.42. The molecule has 0 amide bonds. The molecule has 1 rings (SSSR count). The van der Waals surface area contributed by atoms with Gasteiger partial charge in [0.05, 0.1) is 0 Å². The van der Waals surface area contributed by atoms with Gasteiger partial charge in [0.25, 0.3) is 15.5 Å². The number of hydrogen-bond donors (Lipinski definition) is 1. The van der Waals surface area contributed by atoms with Gasteiger partial charge >= 0.3 is 0 Å². The Balaban J connectivity index is 3.62. The summed E-state index contributed by atoms with van der Waals surface area (Å²) >= 11 is 2.82. The summed E-state index contributed by atoms with van der Waals surface area (Å²) in [5.74, 6) is -0.560.